The highest BCUT2D eigenvalue weighted by atomic mass is 16.7. The summed E-state index contributed by atoms with van der Waals surface area (Å²) in [5.41, 5.74) is 0. The van der Waals surface area contributed by atoms with Gasteiger partial charge < -0.3 is 39.0 Å². The van der Waals surface area contributed by atoms with Crippen LogP contribution in [0.15, 0.2) is 122 Å². The molecule has 77 heavy (non-hydrogen) atoms. The van der Waals surface area contributed by atoms with Crippen molar-refractivity contribution in [2.24, 2.45) is 0 Å². The number of carbonyl (C=O) groups excluding carboxylic acids is 3. The van der Waals surface area contributed by atoms with E-state index in [2.05, 4.69) is 130 Å². The molecule has 1 aliphatic rings. The monoisotopic (exact) mass is 1070 g/mol. The predicted molar refractivity (Wildman–Crippen MR) is 312 cm³/mol. The molecule has 12 heteroatoms. The van der Waals surface area contributed by atoms with Crippen molar-refractivity contribution in [1.82, 2.24) is 0 Å². The van der Waals surface area contributed by atoms with E-state index < -0.39 is 67.3 Å². The molecule has 1 fully saturated rings. The molecule has 0 aliphatic carbocycles. The van der Waals surface area contributed by atoms with Gasteiger partial charge in [-0.1, -0.05) is 200 Å². The zero-order chi connectivity index (χ0) is 56.1. The largest absolute Gasteiger partial charge is 0.479 e. The first-order valence-corrected chi connectivity index (χ1v) is 29.5. The fraction of sp³-hybridized carbons (Fsp3) is 0.631. The zero-order valence-corrected chi connectivity index (χ0v) is 47.7. The molecular weight excluding hydrogens is 973 g/mol. The smallest absolute Gasteiger partial charge is 0.335 e. The number of allylic oxidation sites excluding steroid dienone is 20. The third-order valence-electron chi connectivity index (χ3n) is 12.5. The minimum Gasteiger partial charge on any atom is -0.479 e. The summed E-state index contributed by atoms with van der Waals surface area (Å²) in [6, 6.07) is 0. The van der Waals surface area contributed by atoms with E-state index in [0.717, 1.165) is 109 Å². The lowest BCUT2D eigenvalue weighted by Crippen LogP contribution is -2.61. The summed E-state index contributed by atoms with van der Waals surface area (Å²) in [6.07, 6.45) is 59.0. The second kappa shape index (κ2) is 51.9. The Morgan fingerprint density at radius 2 is 0.844 bits per heavy atom. The molecule has 12 nitrogen and oxygen atoms in total. The number of carboxylic acid groups (broad SMARTS) is 1. The molecular formula is C65H102O12. The number of carbonyl (C=O) groups is 4. The van der Waals surface area contributed by atoms with E-state index in [1.807, 2.05) is 12.2 Å². The number of aliphatic hydroxyl groups is 2. The molecule has 0 aromatic rings. The molecule has 6 unspecified atom stereocenters. The first-order chi connectivity index (χ1) is 37.6. The molecule has 0 saturated carbocycles. The normalized spacial score (nSPS) is 18.9. The minimum atomic E-state index is -1.93. The number of rotatable bonds is 48. The lowest BCUT2D eigenvalue weighted by atomic mass is 9.98. The van der Waals surface area contributed by atoms with Crippen molar-refractivity contribution in [2.45, 2.75) is 250 Å². The van der Waals surface area contributed by atoms with E-state index in [1.54, 1.807) is 0 Å². The second-order valence-corrected chi connectivity index (χ2v) is 19.5. The molecule has 6 atom stereocenters. The van der Waals surface area contributed by atoms with Gasteiger partial charge in [0.2, 0.25) is 0 Å². The predicted octanol–water partition coefficient (Wildman–Crippen LogP) is 15.2. The highest BCUT2D eigenvalue weighted by Gasteiger charge is 2.50. The molecule has 0 amide bonds. The van der Waals surface area contributed by atoms with E-state index >= 15 is 0 Å². The molecule has 1 aliphatic heterocycles. The molecule has 3 N–H and O–H groups in total. The molecule has 434 valence electrons. The third kappa shape index (κ3) is 41.8. The Labute approximate surface area is 465 Å². The fourth-order valence-electron chi connectivity index (χ4n) is 8.05. The van der Waals surface area contributed by atoms with Crippen molar-refractivity contribution in [3.8, 4) is 0 Å². The van der Waals surface area contributed by atoms with Crippen LogP contribution in [0.2, 0.25) is 0 Å². The standard InChI is InChI=1S/C65H102O12/c1-4-7-10-13-16-19-22-25-27-28-29-30-32-35-38-41-44-47-50-53-59(68)76-63-61(70)60(69)62(64(71)72)77-65(63)74-55-56(75-58(67)52-49-46-43-40-37-33-24-21-18-15-12-9-6-3)54-73-57(66)51-48-45-42-39-36-34-31-26-23-20-17-14-11-8-5-2/h7,9-10,12,16,18-19,21,25-27,29-31,33,35,37-38,43,46,56,60-63,65,69-70H,4-6,8,11,13-15,17,20,22-24,28,32,34,36,39-42,44-45,47-55H2,1-3H3,(H,71,72)/b10-7-,12-9-,19-16-,21-18-,27-25-,30-29-,31-26-,37-33-,38-35-,46-43-. The van der Waals surface area contributed by atoms with E-state index in [-0.39, 0.29) is 25.9 Å². The van der Waals surface area contributed by atoms with Gasteiger partial charge in [0.1, 0.15) is 18.8 Å². The molecule has 1 rings (SSSR count). The lowest BCUT2D eigenvalue weighted by molar-refractivity contribution is -0.301. The Hall–Kier alpha value is -4.88. The van der Waals surface area contributed by atoms with Gasteiger partial charge in [-0.2, -0.15) is 0 Å². The second-order valence-electron chi connectivity index (χ2n) is 19.5. The molecule has 0 spiro atoms. The maximum Gasteiger partial charge on any atom is 0.335 e. The van der Waals surface area contributed by atoms with Crippen LogP contribution in [0, 0.1) is 0 Å². The topological polar surface area (TPSA) is 175 Å². The van der Waals surface area contributed by atoms with Gasteiger partial charge in [-0.05, 0) is 116 Å². The van der Waals surface area contributed by atoms with Crippen LogP contribution in [0.1, 0.15) is 213 Å². The van der Waals surface area contributed by atoms with Crippen LogP contribution in [-0.2, 0) is 42.9 Å². The van der Waals surface area contributed by atoms with Gasteiger partial charge in [0.15, 0.2) is 24.6 Å². The van der Waals surface area contributed by atoms with Crippen LogP contribution in [0.5, 0.6) is 0 Å². The first kappa shape index (κ1) is 70.1. The summed E-state index contributed by atoms with van der Waals surface area (Å²) >= 11 is 0. The van der Waals surface area contributed by atoms with Gasteiger partial charge in [0.25, 0.3) is 0 Å². The Morgan fingerprint density at radius 1 is 0.442 bits per heavy atom. The minimum absolute atomic E-state index is 0.00618. The van der Waals surface area contributed by atoms with Crippen LogP contribution >= 0.6 is 0 Å². The molecule has 0 radical (unpaired) electrons. The van der Waals surface area contributed by atoms with Crippen LogP contribution in [0.25, 0.3) is 0 Å². The maximum atomic E-state index is 13.1. The van der Waals surface area contributed by atoms with Gasteiger partial charge >= 0.3 is 23.9 Å². The summed E-state index contributed by atoms with van der Waals surface area (Å²) in [5, 5.41) is 31.5. The van der Waals surface area contributed by atoms with Crippen molar-refractivity contribution in [3.63, 3.8) is 0 Å². The molecule has 1 heterocycles. The van der Waals surface area contributed by atoms with Gasteiger partial charge in [0, 0.05) is 19.3 Å². The average molecular weight is 1080 g/mol. The number of ether oxygens (including phenoxy) is 5. The van der Waals surface area contributed by atoms with Crippen LogP contribution in [-0.4, -0.2) is 89.2 Å². The number of esters is 3. The van der Waals surface area contributed by atoms with E-state index in [0.29, 0.717) is 25.7 Å². The summed E-state index contributed by atoms with van der Waals surface area (Å²) in [5.74, 6) is -3.30. The van der Waals surface area contributed by atoms with E-state index in [9.17, 15) is 34.5 Å². The van der Waals surface area contributed by atoms with Gasteiger partial charge in [-0.3, -0.25) is 14.4 Å². The van der Waals surface area contributed by atoms with E-state index in [4.69, 9.17) is 23.7 Å². The van der Waals surface area contributed by atoms with Crippen molar-refractivity contribution in [2.75, 3.05) is 13.2 Å². The number of unbranched alkanes of at least 4 members (excludes halogenated alkanes) is 14. The Bertz CT molecular complexity index is 1800. The average Bonchev–Trinajstić information content (AvgIpc) is 3.42. The molecule has 1 saturated heterocycles. The Kier molecular flexibility index (Phi) is 47.2. The quantitative estimate of drug-likeness (QED) is 0.0228. The number of carboxylic acids is 1. The fourth-order valence-corrected chi connectivity index (χ4v) is 8.05. The lowest BCUT2D eigenvalue weighted by Gasteiger charge is -2.40. The van der Waals surface area contributed by atoms with Crippen molar-refractivity contribution < 1.29 is 58.2 Å². The number of aliphatic carboxylic acids is 1. The Balaban J connectivity index is 2.75. The highest BCUT2D eigenvalue weighted by molar-refractivity contribution is 5.74. The van der Waals surface area contributed by atoms with Gasteiger partial charge in [-0.25, -0.2) is 4.79 Å². The first-order valence-electron chi connectivity index (χ1n) is 29.5. The summed E-state index contributed by atoms with van der Waals surface area (Å²) in [7, 11) is 0. The molecule has 0 aromatic heterocycles. The van der Waals surface area contributed by atoms with E-state index in [1.165, 1.54) is 38.5 Å². The number of hydrogen-bond donors (Lipinski definition) is 3. The highest BCUT2D eigenvalue weighted by Crippen LogP contribution is 2.26. The molecule has 0 bridgehead atoms. The summed E-state index contributed by atoms with van der Waals surface area (Å²) < 4.78 is 28.3. The molecule has 0 aromatic carbocycles. The SMILES string of the molecule is CC/C=C\C/C=C\C/C=C\C/C=C\C/C=C\CCCCCC(=O)OC1C(OCC(COC(=O)CCCCCCC/C=C\CCCCCCCC)OC(=O)CC/C=C\C/C=C\C/C=C\C/C=C\CC)OC(C(=O)O)C(O)C1O. The maximum absolute atomic E-state index is 13.1. The zero-order valence-electron chi connectivity index (χ0n) is 47.7. The van der Waals surface area contributed by atoms with Crippen LogP contribution in [0.3, 0.4) is 0 Å². The number of aliphatic hydroxyl groups excluding tert-OH is 2. The number of hydrogen-bond acceptors (Lipinski definition) is 11. The third-order valence-corrected chi connectivity index (χ3v) is 12.5. The van der Waals surface area contributed by atoms with Crippen molar-refractivity contribution >= 4 is 23.9 Å². The summed E-state index contributed by atoms with van der Waals surface area (Å²) in [6.45, 7) is 5.66. The van der Waals surface area contributed by atoms with Crippen LogP contribution in [0.4, 0.5) is 0 Å². The van der Waals surface area contributed by atoms with Crippen molar-refractivity contribution in [3.05, 3.63) is 122 Å². The van der Waals surface area contributed by atoms with Crippen LogP contribution < -0.4 is 0 Å². The van der Waals surface area contributed by atoms with Crippen molar-refractivity contribution in [1.29, 1.82) is 0 Å². The van der Waals surface area contributed by atoms with Gasteiger partial charge in [-0.15, -0.1) is 0 Å². The van der Waals surface area contributed by atoms with Gasteiger partial charge in [0.05, 0.1) is 6.61 Å². The Morgan fingerprint density at radius 3 is 1.32 bits per heavy atom. The summed E-state index contributed by atoms with van der Waals surface area (Å²) in [4.78, 5) is 51.1.